The van der Waals surface area contributed by atoms with E-state index < -0.39 is 10.0 Å². The summed E-state index contributed by atoms with van der Waals surface area (Å²) >= 11 is 5.96. The number of nitrogens with zero attached hydrogens (tertiary/aromatic N) is 1. The molecule has 114 valence electrons. The molecule has 0 aliphatic carbocycles. The zero-order valence-corrected chi connectivity index (χ0v) is 13.1. The lowest BCUT2D eigenvalue weighted by Crippen LogP contribution is -2.13. The van der Waals surface area contributed by atoms with Gasteiger partial charge < -0.3 is 4.74 Å². The number of methoxy groups -OCH3 is 1. The van der Waals surface area contributed by atoms with Crippen LogP contribution in [0, 0.1) is 0 Å². The number of aromatic amines is 1. The highest BCUT2D eigenvalue weighted by Crippen LogP contribution is 2.28. The number of H-pyrrole nitrogens is 1. The van der Waals surface area contributed by atoms with Crippen LogP contribution < -0.4 is 9.46 Å². The van der Waals surface area contributed by atoms with Gasteiger partial charge in [0.05, 0.1) is 17.7 Å². The second-order valence-corrected chi connectivity index (χ2v) is 6.58. The van der Waals surface area contributed by atoms with E-state index in [4.69, 9.17) is 16.3 Å². The van der Waals surface area contributed by atoms with Crippen molar-refractivity contribution in [1.82, 2.24) is 10.2 Å². The molecule has 0 aliphatic rings. The van der Waals surface area contributed by atoms with Crippen molar-refractivity contribution >= 4 is 38.2 Å². The Bertz CT molecular complexity index is 920. The Hall–Kier alpha value is -2.25. The number of para-hydroxylation sites is 1. The van der Waals surface area contributed by atoms with E-state index in [0.717, 1.165) is 0 Å². The molecule has 0 aliphatic heterocycles. The van der Waals surface area contributed by atoms with Gasteiger partial charge in [-0.05, 0) is 36.4 Å². The van der Waals surface area contributed by atoms with Gasteiger partial charge in [0.2, 0.25) is 0 Å². The summed E-state index contributed by atoms with van der Waals surface area (Å²) in [4.78, 5) is 0.131. The molecule has 8 heteroatoms. The molecule has 1 aromatic heterocycles. The van der Waals surface area contributed by atoms with E-state index in [9.17, 15) is 8.42 Å². The smallest absolute Gasteiger partial charge is 0.261 e. The van der Waals surface area contributed by atoms with Gasteiger partial charge in [-0.2, -0.15) is 5.10 Å². The highest BCUT2D eigenvalue weighted by Gasteiger charge is 2.17. The Labute approximate surface area is 132 Å². The molecule has 6 nitrogen and oxygen atoms in total. The predicted octanol–water partition coefficient (Wildman–Crippen LogP) is 3.03. The summed E-state index contributed by atoms with van der Waals surface area (Å²) in [7, 11) is -2.21. The maximum Gasteiger partial charge on any atom is 0.261 e. The van der Waals surface area contributed by atoms with Crippen molar-refractivity contribution < 1.29 is 13.2 Å². The molecule has 2 N–H and O–H groups in total. The Balaban J connectivity index is 1.99. The first-order valence-corrected chi connectivity index (χ1v) is 8.17. The number of hydrogen-bond acceptors (Lipinski definition) is 4. The van der Waals surface area contributed by atoms with Crippen LogP contribution in [0.1, 0.15) is 0 Å². The normalized spacial score (nSPS) is 11.5. The molecule has 0 saturated carbocycles. The summed E-state index contributed by atoms with van der Waals surface area (Å²) in [5, 5.41) is 7.65. The molecular weight excluding hydrogens is 326 g/mol. The van der Waals surface area contributed by atoms with E-state index in [2.05, 4.69) is 14.9 Å². The summed E-state index contributed by atoms with van der Waals surface area (Å²) in [6.07, 6.45) is 0. The van der Waals surface area contributed by atoms with Crippen LogP contribution in [0.5, 0.6) is 5.75 Å². The lowest BCUT2D eigenvalue weighted by atomic mass is 10.2. The number of anilines is 1. The number of benzene rings is 2. The second-order valence-electron chi connectivity index (χ2n) is 4.52. The summed E-state index contributed by atoms with van der Waals surface area (Å²) in [6, 6.07) is 11.2. The quantitative estimate of drug-likeness (QED) is 0.766. The number of aromatic nitrogens is 2. The van der Waals surface area contributed by atoms with Gasteiger partial charge in [-0.15, -0.1) is 0 Å². The van der Waals surface area contributed by atoms with Crippen LogP contribution in [0.4, 0.5) is 5.69 Å². The molecule has 0 unspecified atom stereocenters. The van der Waals surface area contributed by atoms with Crippen molar-refractivity contribution in [3.8, 4) is 5.75 Å². The number of nitrogens with one attached hydrogen (secondary N) is 2. The highest BCUT2D eigenvalue weighted by molar-refractivity contribution is 7.92. The molecule has 0 saturated heterocycles. The molecule has 1 heterocycles. The number of rotatable bonds is 4. The average Bonchev–Trinajstić information content (AvgIpc) is 2.90. The highest BCUT2D eigenvalue weighted by atomic mass is 35.5. The van der Waals surface area contributed by atoms with Crippen LogP contribution in [-0.4, -0.2) is 25.7 Å². The molecule has 0 amide bonds. The Morgan fingerprint density at radius 1 is 1.18 bits per heavy atom. The molecule has 0 atom stereocenters. The van der Waals surface area contributed by atoms with Gasteiger partial charge in [0.1, 0.15) is 16.4 Å². The Kier molecular flexibility index (Phi) is 3.67. The second kappa shape index (κ2) is 5.51. The number of sulfonamides is 1. The van der Waals surface area contributed by atoms with E-state index in [1.807, 2.05) is 0 Å². The molecule has 0 radical (unpaired) electrons. The number of fused-ring (bicyclic) bond motifs is 1. The third-order valence-corrected chi connectivity index (χ3v) is 4.82. The average molecular weight is 338 g/mol. The summed E-state index contributed by atoms with van der Waals surface area (Å²) in [5.74, 6) is 0.583. The summed E-state index contributed by atoms with van der Waals surface area (Å²) in [5.41, 5.74) is 0.820. The number of halogens is 1. The first kappa shape index (κ1) is 14.7. The van der Waals surface area contributed by atoms with Crippen molar-refractivity contribution in [2.45, 2.75) is 4.90 Å². The zero-order chi connectivity index (χ0) is 15.7. The summed E-state index contributed by atoms with van der Waals surface area (Å²) < 4.78 is 32.4. The standard InChI is InChI=1S/C14H12ClN3O3S/c1-21-9-5-7-10(8-6-9)22(19,20)18-12-4-2-3-11-13(12)16-17-14(11)15/h2-8,18H,1H3,(H,16,17). The minimum atomic E-state index is -3.72. The van der Waals surface area contributed by atoms with Crippen molar-refractivity contribution in [1.29, 1.82) is 0 Å². The predicted molar refractivity (Wildman–Crippen MR) is 84.9 cm³/mol. The van der Waals surface area contributed by atoms with Crippen molar-refractivity contribution in [3.63, 3.8) is 0 Å². The number of ether oxygens (including phenoxy) is 1. The Morgan fingerprint density at radius 2 is 1.91 bits per heavy atom. The maximum atomic E-state index is 12.4. The topological polar surface area (TPSA) is 84.1 Å². The molecule has 0 fully saturated rings. The molecule has 3 aromatic rings. The van der Waals surface area contributed by atoms with Crippen LogP contribution in [0.3, 0.4) is 0 Å². The fraction of sp³-hybridized carbons (Fsp3) is 0.0714. The zero-order valence-electron chi connectivity index (χ0n) is 11.5. The van der Waals surface area contributed by atoms with Gasteiger partial charge in [-0.1, -0.05) is 17.7 Å². The summed E-state index contributed by atoms with van der Waals surface area (Å²) in [6.45, 7) is 0. The van der Waals surface area contributed by atoms with Crippen LogP contribution in [0.2, 0.25) is 5.15 Å². The van der Waals surface area contributed by atoms with Gasteiger partial charge in [-0.25, -0.2) is 8.42 Å². The van der Waals surface area contributed by atoms with Crippen LogP contribution >= 0.6 is 11.6 Å². The van der Waals surface area contributed by atoms with Gasteiger partial charge in [0.15, 0.2) is 0 Å². The molecule has 0 spiro atoms. The van der Waals surface area contributed by atoms with Gasteiger partial charge in [-0.3, -0.25) is 9.82 Å². The van der Waals surface area contributed by atoms with Crippen LogP contribution in [0.25, 0.3) is 10.9 Å². The van der Waals surface area contributed by atoms with Gasteiger partial charge in [0.25, 0.3) is 10.0 Å². The monoisotopic (exact) mass is 337 g/mol. The van der Waals surface area contributed by atoms with Crippen molar-refractivity contribution in [2.75, 3.05) is 11.8 Å². The molecule has 2 aromatic carbocycles. The molecule has 3 rings (SSSR count). The van der Waals surface area contributed by atoms with Crippen molar-refractivity contribution in [2.24, 2.45) is 0 Å². The van der Waals surface area contributed by atoms with E-state index in [1.165, 1.54) is 19.2 Å². The number of hydrogen-bond donors (Lipinski definition) is 2. The third-order valence-electron chi connectivity index (χ3n) is 3.15. The van der Waals surface area contributed by atoms with E-state index in [0.29, 0.717) is 27.5 Å². The van der Waals surface area contributed by atoms with Gasteiger partial charge in [0, 0.05) is 5.39 Å². The van der Waals surface area contributed by atoms with E-state index in [-0.39, 0.29) is 4.90 Å². The largest absolute Gasteiger partial charge is 0.497 e. The molecule has 0 bridgehead atoms. The SMILES string of the molecule is COc1ccc(S(=O)(=O)Nc2cccc3c(Cl)[nH]nc23)cc1. The lowest BCUT2D eigenvalue weighted by Gasteiger charge is -2.09. The Morgan fingerprint density at radius 3 is 2.59 bits per heavy atom. The maximum absolute atomic E-state index is 12.4. The fourth-order valence-electron chi connectivity index (χ4n) is 2.05. The fourth-order valence-corrected chi connectivity index (χ4v) is 3.31. The van der Waals surface area contributed by atoms with Gasteiger partial charge >= 0.3 is 0 Å². The third kappa shape index (κ3) is 2.60. The van der Waals surface area contributed by atoms with Crippen LogP contribution in [0.15, 0.2) is 47.4 Å². The van der Waals surface area contributed by atoms with E-state index in [1.54, 1.807) is 30.3 Å². The molecule has 22 heavy (non-hydrogen) atoms. The van der Waals surface area contributed by atoms with Crippen LogP contribution in [-0.2, 0) is 10.0 Å². The molecular formula is C14H12ClN3O3S. The first-order chi connectivity index (χ1) is 10.5. The minimum absolute atomic E-state index is 0.131. The minimum Gasteiger partial charge on any atom is -0.497 e. The first-order valence-electron chi connectivity index (χ1n) is 6.31. The van der Waals surface area contributed by atoms with Crippen molar-refractivity contribution in [3.05, 3.63) is 47.6 Å². The lowest BCUT2D eigenvalue weighted by molar-refractivity contribution is 0.414. The van der Waals surface area contributed by atoms with E-state index >= 15 is 0 Å².